The average Bonchev–Trinajstić information content (AvgIpc) is 2.98. The smallest absolute Gasteiger partial charge is 0.262 e. The van der Waals surface area contributed by atoms with Gasteiger partial charge in [0.2, 0.25) is 10.0 Å². The van der Waals surface area contributed by atoms with E-state index in [-0.39, 0.29) is 18.0 Å². The number of ether oxygens (including phenoxy) is 1. The van der Waals surface area contributed by atoms with Crippen LogP contribution in [0.1, 0.15) is 40.5 Å². The summed E-state index contributed by atoms with van der Waals surface area (Å²) in [6.07, 6.45) is 9.04. The van der Waals surface area contributed by atoms with Gasteiger partial charge >= 0.3 is 0 Å². The van der Waals surface area contributed by atoms with E-state index in [1.165, 1.54) is 0 Å². The minimum Gasteiger partial charge on any atom is -0.360 e. The monoisotopic (exact) mass is 484 g/mol. The predicted octanol–water partition coefficient (Wildman–Crippen LogP) is 1.86. The van der Waals surface area contributed by atoms with Gasteiger partial charge in [-0.3, -0.25) is 10.0 Å². The van der Waals surface area contributed by atoms with Gasteiger partial charge < -0.3 is 4.74 Å². The molecule has 0 spiro atoms. The molecule has 1 amide bonds. The van der Waals surface area contributed by atoms with Gasteiger partial charge in [-0.2, -0.15) is 4.31 Å². The van der Waals surface area contributed by atoms with E-state index in [0.29, 0.717) is 0 Å². The number of nitrogens with one attached hydrogen (secondary N) is 1. The Kier molecular flexibility index (Phi) is 8.50. The summed E-state index contributed by atoms with van der Waals surface area (Å²) in [6.45, 7) is 7.29. The summed E-state index contributed by atoms with van der Waals surface area (Å²) in [7, 11) is -4.08. The van der Waals surface area contributed by atoms with Crippen molar-refractivity contribution in [1.29, 1.82) is 0 Å². The van der Waals surface area contributed by atoms with E-state index < -0.39 is 34.0 Å². The van der Waals surface area contributed by atoms with Gasteiger partial charge in [-0.15, -0.1) is 0 Å². The molecular formula is C26H32N2O5S. The van der Waals surface area contributed by atoms with Crippen molar-refractivity contribution in [2.24, 2.45) is 5.92 Å². The second kappa shape index (κ2) is 11.2. The normalized spacial score (nSPS) is 18.4. The van der Waals surface area contributed by atoms with Gasteiger partial charge in [-0.1, -0.05) is 50.0 Å². The average molecular weight is 485 g/mol. The number of fused-ring (bicyclic) bond motifs is 1. The standard InChI is InChI=1S/C26H32N2O5S/c1-18(2)25(26(29)27-30)28(15-16-33-24-12-8-5-9-19(3)20(24)4)34(31,32)23-14-13-21-10-6-7-11-22(21)17-23/h5,9-11,13-14,17-18,24-25,30H,6-7,15-16H2,1-4H3,(H,27,29)/t24?,25-/m1/s1. The van der Waals surface area contributed by atoms with Crippen molar-refractivity contribution in [1.82, 2.24) is 9.79 Å². The van der Waals surface area contributed by atoms with Crippen LogP contribution in [-0.4, -0.2) is 49.1 Å². The highest BCUT2D eigenvalue weighted by Crippen LogP contribution is 2.22. The van der Waals surface area contributed by atoms with E-state index in [2.05, 4.69) is 17.9 Å². The fourth-order valence-electron chi connectivity index (χ4n) is 4.09. The Morgan fingerprint density at radius 3 is 2.62 bits per heavy atom. The number of allylic oxidation sites excluding steroid dienone is 3. The Balaban J connectivity index is 1.94. The maximum Gasteiger partial charge on any atom is 0.262 e. The molecule has 0 aromatic heterocycles. The van der Waals surface area contributed by atoms with Crippen molar-refractivity contribution < 1.29 is 23.2 Å². The molecule has 2 aliphatic carbocycles. The van der Waals surface area contributed by atoms with Crippen LogP contribution >= 0.6 is 0 Å². The zero-order chi connectivity index (χ0) is 24.9. The van der Waals surface area contributed by atoms with Crippen LogP contribution in [0.15, 0.2) is 46.4 Å². The second-order valence-corrected chi connectivity index (χ2v) is 10.7. The Labute approximate surface area is 201 Å². The van der Waals surface area contributed by atoms with Crippen LogP contribution in [0.2, 0.25) is 0 Å². The van der Waals surface area contributed by atoms with Crippen molar-refractivity contribution in [2.45, 2.75) is 57.6 Å². The fraction of sp³-hybridized carbons (Fsp3) is 0.423. The quantitative estimate of drug-likeness (QED) is 0.317. The topological polar surface area (TPSA) is 95.9 Å². The minimum atomic E-state index is -4.08. The first kappa shape index (κ1) is 25.9. The molecule has 3 rings (SSSR count). The van der Waals surface area contributed by atoms with Crippen LogP contribution in [0.4, 0.5) is 0 Å². The first-order chi connectivity index (χ1) is 16.2. The van der Waals surface area contributed by atoms with Crippen molar-refractivity contribution in [3.05, 3.63) is 51.9 Å². The molecule has 0 radical (unpaired) electrons. The van der Waals surface area contributed by atoms with Gasteiger partial charge in [-0.05, 0) is 72.4 Å². The third kappa shape index (κ3) is 5.68. The molecule has 2 aliphatic rings. The fourth-order valence-corrected chi connectivity index (χ4v) is 5.83. The van der Waals surface area contributed by atoms with Crippen LogP contribution in [0, 0.1) is 17.8 Å². The molecule has 182 valence electrons. The van der Waals surface area contributed by atoms with Crippen molar-refractivity contribution in [3.63, 3.8) is 0 Å². The molecule has 0 saturated carbocycles. The molecule has 1 unspecified atom stereocenters. The van der Waals surface area contributed by atoms with Crippen molar-refractivity contribution in [3.8, 4) is 11.8 Å². The largest absolute Gasteiger partial charge is 0.360 e. The lowest BCUT2D eigenvalue weighted by Crippen LogP contribution is -2.53. The predicted molar refractivity (Wildman–Crippen MR) is 131 cm³/mol. The van der Waals surface area contributed by atoms with Gasteiger partial charge in [0.1, 0.15) is 12.1 Å². The van der Waals surface area contributed by atoms with E-state index in [9.17, 15) is 18.4 Å². The third-order valence-corrected chi connectivity index (χ3v) is 8.00. The zero-order valence-electron chi connectivity index (χ0n) is 20.0. The van der Waals surface area contributed by atoms with E-state index in [4.69, 9.17) is 4.74 Å². The summed E-state index contributed by atoms with van der Waals surface area (Å²) >= 11 is 0. The van der Waals surface area contributed by atoms with E-state index >= 15 is 0 Å². The molecule has 8 heteroatoms. The Hall–Kier alpha value is -2.70. The molecular weight excluding hydrogens is 452 g/mol. The summed E-state index contributed by atoms with van der Waals surface area (Å²) in [6, 6.07) is 3.87. The summed E-state index contributed by atoms with van der Waals surface area (Å²) in [4.78, 5) is 12.7. The molecule has 0 aliphatic heterocycles. The number of hydrogen-bond acceptors (Lipinski definition) is 5. The maximum absolute atomic E-state index is 13.8. The van der Waals surface area contributed by atoms with Gasteiger partial charge in [-0.25, -0.2) is 13.9 Å². The summed E-state index contributed by atoms with van der Waals surface area (Å²) < 4.78 is 34.6. The Bertz CT molecular complexity index is 1280. The molecule has 2 atom stereocenters. The number of amides is 1. The highest BCUT2D eigenvalue weighted by Gasteiger charge is 2.38. The van der Waals surface area contributed by atoms with Gasteiger partial charge in [0.25, 0.3) is 5.91 Å². The first-order valence-corrected chi connectivity index (χ1v) is 12.8. The van der Waals surface area contributed by atoms with Crippen LogP contribution < -0.4 is 15.9 Å². The van der Waals surface area contributed by atoms with Crippen LogP contribution in [0.25, 0.3) is 12.2 Å². The molecule has 0 heterocycles. The number of carbonyl (C=O) groups is 1. The summed E-state index contributed by atoms with van der Waals surface area (Å²) in [5.74, 6) is 4.74. The first-order valence-electron chi connectivity index (χ1n) is 11.4. The number of rotatable bonds is 9. The van der Waals surface area contributed by atoms with Gasteiger partial charge in [0, 0.05) is 6.54 Å². The number of hydroxylamine groups is 1. The number of carbonyl (C=O) groups excluding carboxylic acids is 1. The minimum absolute atomic E-state index is 0.0238. The van der Waals surface area contributed by atoms with Crippen LogP contribution in [0.5, 0.6) is 0 Å². The molecule has 0 saturated heterocycles. The number of hydrogen-bond donors (Lipinski definition) is 2. The van der Waals surface area contributed by atoms with Gasteiger partial charge in [0.05, 0.1) is 11.5 Å². The number of nitrogens with zero attached hydrogens (tertiary/aromatic N) is 1. The van der Waals surface area contributed by atoms with E-state index in [1.807, 2.05) is 26.0 Å². The van der Waals surface area contributed by atoms with E-state index in [0.717, 1.165) is 38.7 Å². The molecule has 7 nitrogen and oxygen atoms in total. The molecule has 1 aromatic carbocycles. The lowest BCUT2D eigenvalue weighted by atomic mass is 10.0. The van der Waals surface area contributed by atoms with Crippen LogP contribution in [-0.2, 0) is 19.6 Å². The lowest BCUT2D eigenvalue weighted by Gasteiger charge is -2.32. The zero-order valence-corrected chi connectivity index (χ0v) is 20.9. The second-order valence-electron chi connectivity index (χ2n) is 8.80. The third-order valence-electron chi connectivity index (χ3n) is 6.12. The summed E-state index contributed by atoms with van der Waals surface area (Å²) in [5, 5.41) is 11.2. The lowest BCUT2D eigenvalue weighted by molar-refractivity contribution is -0.134. The highest BCUT2D eigenvalue weighted by atomic mass is 32.2. The van der Waals surface area contributed by atoms with Crippen molar-refractivity contribution in [2.75, 3.05) is 13.2 Å². The maximum atomic E-state index is 13.8. The molecule has 1 aromatic rings. The molecule has 0 fully saturated rings. The number of benzene rings is 1. The Morgan fingerprint density at radius 1 is 1.24 bits per heavy atom. The van der Waals surface area contributed by atoms with Crippen molar-refractivity contribution >= 4 is 28.1 Å². The molecule has 34 heavy (non-hydrogen) atoms. The van der Waals surface area contributed by atoms with Gasteiger partial charge in [0.15, 0.2) is 0 Å². The SMILES string of the molecule is CC1=C(C)C(OCCN([C@@H](C(=O)NO)C(C)C)S(=O)(=O)c2ccc3c(c2)=CCCC=3)C#CC=C1. The van der Waals surface area contributed by atoms with Crippen LogP contribution in [0.3, 0.4) is 0 Å². The summed E-state index contributed by atoms with van der Waals surface area (Å²) in [5.41, 5.74) is 3.60. The Morgan fingerprint density at radius 2 is 1.94 bits per heavy atom. The molecule has 2 N–H and O–H groups in total. The molecule has 0 bridgehead atoms. The highest BCUT2D eigenvalue weighted by molar-refractivity contribution is 7.89. The number of sulfonamides is 1. The van der Waals surface area contributed by atoms with E-state index in [1.54, 1.807) is 43.6 Å².